The topological polar surface area (TPSA) is 88.2 Å². The molecule has 2 aromatic carbocycles. The summed E-state index contributed by atoms with van der Waals surface area (Å²) >= 11 is 6.00. The summed E-state index contributed by atoms with van der Waals surface area (Å²) in [5.74, 6) is -0.307. The Labute approximate surface area is 174 Å². The first kappa shape index (κ1) is 20.6. The number of benzene rings is 2. The van der Waals surface area contributed by atoms with Gasteiger partial charge in [-0.1, -0.05) is 35.9 Å². The summed E-state index contributed by atoms with van der Waals surface area (Å²) in [4.78, 5) is 16.1. The minimum absolute atomic E-state index is 0.0880. The Kier molecular flexibility index (Phi) is 6.31. The summed E-state index contributed by atoms with van der Waals surface area (Å²) in [6.45, 7) is 1.87. The number of carbonyl (C=O) groups excluding carboxylic acids is 1. The van der Waals surface area contributed by atoms with Crippen LogP contribution in [0.15, 0.2) is 78.0 Å². The van der Waals surface area contributed by atoms with E-state index in [1.165, 1.54) is 18.2 Å². The van der Waals surface area contributed by atoms with Gasteiger partial charge in [0.2, 0.25) is 5.91 Å². The molecule has 0 spiro atoms. The van der Waals surface area contributed by atoms with Crippen molar-refractivity contribution in [2.45, 2.75) is 11.8 Å². The molecular weight excluding hydrogens is 410 g/mol. The van der Waals surface area contributed by atoms with Crippen molar-refractivity contribution >= 4 is 45.0 Å². The Morgan fingerprint density at radius 2 is 1.76 bits per heavy atom. The van der Waals surface area contributed by atoms with E-state index in [2.05, 4.69) is 15.0 Å². The molecule has 148 valence electrons. The minimum Gasteiger partial charge on any atom is -0.321 e. The largest absolute Gasteiger partial charge is 0.321 e. The highest BCUT2D eigenvalue weighted by Gasteiger charge is 2.15. The number of nitrogens with zero attached hydrogens (tertiary/aromatic N) is 1. The van der Waals surface area contributed by atoms with Gasteiger partial charge in [0, 0.05) is 12.3 Å². The molecule has 0 unspecified atom stereocenters. The van der Waals surface area contributed by atoms with Crippen LogP contribution in [0.25, 0.3) is 6.08 Å². The number of sulfonamides is 1. The van der Waals surface area contributed by atoms with Crippen LogP contribution in [0.4, 0.5) is 11.4 Å². The highest BCUT2D eigenvalue weighted by Crippen LogP contribution is 2.24. The standard InChI is InChI=1S/C21H18ClN3O3S/c1-15-12-13-23-14-20(15)24-21(26)11-8-16-6-9-17(10-7-16)29(27,28)25-19-5-3-2-4-18(19)22/h2-14,25H,1H3,(H,24,26)/b11-8+. The lowest BCUT2D eigenvalue weighted by molar-refractivity contribution is -0.111. The smallest absolute Gasteiger partial charge is 0.261 e. The number of para-hydroxylation sites is 1. The highest BCUT2D eigenvalue weighted by molar-refractivity contribution is 7.92. The van der Waals surface area contributed by atoms with Crippen LogP contribution in [0.5, 0.6) is 0 Å². The monoisotopic (exact) mass is 427 g/mol. The van der Waals surface area contributed by atoms with Gasteiger partial charge in [0.1, 0.15) is 0 Å². The molecule has 29 heavy (non-hydrogen) atoms. The van der Waals surface area contributed by atoms with Crippen molar-refractivity contribution in [2.75, 3.05) is 10.0 Å². The number of hydrogen-bond acceptors (Lipinski definition) is 4. The van der Waals surface area contributed by atoms with E-state index >= 15 is 0 Å². The lowest BCUT2D eigenvalue weighted by Crippen LogP contribution is -2.13. The normalized spacial score (nSPS) is 11.4. The van der Waals surface area contributed by atoms with Crippen LogP contribution in [-0.2, 0) is 14.8 Å². The lowest BCUT2D eigenvalue weighted by Gasteiger charge is -2.09. The number of amides is 1. The van der Waals surface area contributed by atoms with Crippen LogP contribution in [0.1, 0.15) is 11.1 Å². The number of halogens is 1. The average Bonchev–Trinajstić information content (AvgIpc) is 2.70. The molecule has 3 rings (SSSR count). The number of carbonyl (C=O) groups is 1. The van der Waals surface area contributed by atoms with Gasteiger partial charge in [-0.25, -0.2) is 8.42 Å². The molecule has 0 bridgehead atoms. The molecule has 0 atom stereocenters. The summed E-state index contributed by atoms with van der Waals surface area (Å²) in [5, 5.41) is 3.05. The van der Waals surface area contributed by atoms with Crippen molar-refractivity contribution in [3.05, 3.63) is 89.2 Å². The summed E-state index contributed by atoms with van der Waals surface area (Å²) in [6, 6.07) is 14.5. The van der Waals surface area contributed by atoms with E-state index in [0.29, 0.717) is 22.0 Å². The van der Waals surface area contributed by atoms with Crippen molar-refractivity contribution < 1.29 is 13.2 Å². The summed E-state index contributed by atoms with van der Waals surface area (Å²) in [5.41, 5.74) is 2.52. The lowest BCUT2D eigenvalue weighted by atomic mass is 10.2. The zero-order chi connectivity index (χ0) is 20.9. The highest BCUT2D eigenvalue weighted by atomic mass is 35.5. The summed E-state index contributed by atoms with van der Waals surface area (Å²) in [6.07, 6.45) is 6.20. The van der Waals surface area contributed by atoms with Gasteiger partial charge in [0.05, 0.1) is 27.5 Å². The quantitative estimate of drug-likeness (QED) is 0.567. The maximum atomic E-state index is 12.5. The summed E-state index contributed by atoms with van der Waals surface area (Å²) in [7, 11) is -3.77. The average molecular weight is 428 g/mol. The van der Waals surface area contributed by atoms with Crippen molar-refractivity contribution in [1.82, 2.24) is 4.98 Å². The van der Waals surface area contributed by atoms with Crippen molar-refractivity contribution in [3.63, 3.8) is 0 Å². The van der Waals surface area contributed by atoms with Gasteiger partial charge in [0.15, 0.2) is 0 Å². The van der Waals surface area contributed by atoms with Gasteiger partial charge >= 0.3 is 0 Å². The third-order valence-corrected chi connectivity index (χ3v) is 5.74. The van der Waals surface area contributed by atoms with E-state index in [0.717, 1.165) is 5.56 Å². The Balaban J connectivity index is 1.68. The van der Waals surface area contributed by atoms with Crippen LogP contribution in [0.3, 0.4) is 0 Å². The molecule has 1 aromatic heterocycles. The zero-order valence-electron chi connectivity index (χ0n) is 15.5. The molecule has 3 aromatic rings. The van der Waals surface area contributed by atoms with Crippen molar-refractivity contribution in [3.8, 4) is 0 Å². The van der Waals surface area contributed by atoms with E-state index in [9.17, 15) is 13.2 Å². The van der Waals surface area contributed by atoms with Gasteiger partial charge in [-0.05, 0) is 54.5 Å². The van der Waals surface area contributed by atoms with Crippen LogP contribution in [0, 0.1) is 6.92 Å². The molecule has 8 heteroatoms. The van der Waals surface area contributed by atoms with Gasteiger partial charge in [-0.15, -0.1) is 0 Å². The van der Waals surface area contributed by atoms with Gasteiger partial charge < -0.3 is 5.32 Å². The first-order chi connectivity index (χ1) is 13.8. The molecule has 1 amide bonds. The fraction of sp³-hybridized carbons (Fsp3) is 0.0476. The molecular formula is C21H18ClN3O3S. The Bertz CT molecular complexity index is 1160. The number of nitrogens with one attached hydrogen (secondary N) is 2. The third-order valence-electron chi connectivity index (χ3n) is 4.03. The SMILES string of the molecule is Cc1ccncc1NC(=O)/C=C/c1ccc(S(=O)(=O)Nc2ccccc2Cl)cc1. The third kappa shape index (κ3) is 5.43. The molecule has 0 radical (unpaired) electrons. The molecule has 0 saturated heterocycles. The number of pyridine rings is 1. The van der Waals surface area contributed by atoms with E-state index < -0.39 is 10.0 Å². The van der Waals surface area contributed by atoms with Crippen LogP contribution in [-0.4, -0.2) is 19.3 Å². The maximum Gasteiger partial charge on any atom is 0.261 e. The van der Waals surface area contributed by atoms with E-state index in [-0.39, 0.29) is 10.8 Å². The number of hydrogen-bond donors (Lipinski definition) is 2. The fourth-order valence-corrected chi connectivity index (χ4v) is 3.77. The Hall–Kier alpha value is -3.16. The van der Waals surface area contributed by atoms with Crippen LogP contribution >= 0.6 is 11.6 Å². The van der Waals surface area contributed by atoms with Crippen LogP contribution < -0.4 is 10.0 Å². The zero-order valence-corrected chi connectivity index (χ0v) is 17.0. The van der Waals surface area contributed by atoms with Crippen molar-refractivity contribution in [2.24, 2.45) is 0 Å². The second-order valence-electron chi connectivity index (χ2n) is 6.17. The molecule has 0 aliphatic heterocycles. The number of anilines is 2. The summed E-state index contributed by atoms with van der Waals surface area (Å²) < 4.78 is 27.5. The number of aromatic nitrogens is 1. The molecule has 2 N–H and O–H groups in total. The van der Waals surface area contributed by atoms with Crippen molar-refractivity contribution in [1.29, 1.82) is 0 Å². The first-order valence-electron chi connectivity index (χ1n) is 8.62. The van der Waals surface area contributed by atoms with E-state index in [1.807, 2.05) is 6.92 Å². The Morgan fingerprint density at radius 3 is 2.45 bits per heavy atom. The molecule has 0 aliphatic carbocycles. The Morgan fingerprint density at radius 1 is 1.03 bits per heavy atom. The predicted molar refractivity (Wildman–Crippen MR) is 115 cm³/mol. The number of rotatable bonds is 6. The van der Waals surface area contributed by atoms with Gasteiger partial charge in [0.25, 0.3) is 10.0 Å². The second kappa shape index (κ2) is 8.89. The number of aryl methyl sites for hydroxylation is 1. The molecule has 6 nitrogen and oxygen atoms in total. The molecule has 0 aliphatic rings. The molecule has 1 heterocycles. The minimum atomic E-state index is -3.77. The predicted octanol–water partition coefficient (Wildman–Crippen LogP) is 4.50. The van der Waals surface area contributed by atoms with Gasteiger partial charge in [-0.2, -0.15) is 0 Å². The molecule has 0 fully saturated rings. The van der Waals surface area contributed by atoms with Gasteiger partial charge in [-0.3, -0.25) is 14.5 Å². The molecule has 0 saturated carbocycles. The maximum absolute atomic E-state index is 12.5. The van der Waals surface area contributed by atoms with Crippen LogP contribution in [0.2, 0.25) is 5.02 Å². The fourth-order valence-electron chi connectivity index (χ4n) is 2.45. The first-order valence-corrected chi connectivity index (χ1v) is 10.5. The van der Waals surface area contributed by atoms with E-state index in [1.54, 1.807) is 60.9 Å². The second-order valence-corrected chi connectivity index (χ2v) is 8.26. The van der Waals surface area contributed by atoms with E-state index in [4.69, 9.17) is 11.6 Å².